The quantitative estimate of drug-likeness (QED) is 0.398. The van der Waals surface area contributed by atoms with Crippen LogP contribution < -0.4 is 0 Å². The fraction of sp³-hybridized carbons (Fsp3) is 0.552. The second-order valence-corrected chi connectivity index (χ2v) is 11.7. The van der Waals surface area contributed by atoms with Crippen molar-refractivity contribution in [2.45, 2.75) is 76.7 Å². The van der Waals surface area contributed by atoms with E-state index in [0.29, 0.717) is 5.57 Å². The molecule has 0 unspecified atom stereocenters. The summed E-state index contributed by atoms with van der Waals surface area (Å²) in [7, 11) is 0. The summed E-state index contributed by atoms with van der Waals surface area (Å²) in [6.07, 6.45) is -2.12. The van der Waals surface area contributed by atoms with Gasteiger partial charge in [-0.15, -0.1) is 0 Å². The number of fused-ring (bicyclic) bond motifs is 5. The highest BCUT2D eigenvalue weighted by Crippen LogP contribution is 2.62. The predicted molar refractivity (Wildman–Crippen MR) is 134 cm³/mol. The fourth-order valence-electron chi connectivity index (χ4n) is 7.21. The van der Waals surface area contributed by atoms with Crippen molar-refractivity contribution in [1.29, 1.82) is 0 Å². The summed E-state index contributed by atoms with van der Waals surface area (Å²) in [6, 6.07) is 8.22. The van der Waals surface area contributed by atoms with Gasteiger partial charge in [0.2, 0.25) is 0 Å². The van der Waals surface area contributed by atoms with Gasteiger partial charge in [0.15, 0.2) is 11.4 Å². The molecule has 4 aliphatic rings. The maximum absolute atomic E-state index is 14.2. The van der Waals surface area contributed by atoms with Crippen LogP contribution in [0.5, 0.6) is 0 Å². The third-order valence-electron chi connectivity index (χ3n) is 9.35. The Morgan fingerprint density at radius 3 is 2.34 bits per heavy atom. The number of ketones is 1. The van der Waals surface area contributed by atoms with Gasteiger partial charge in [0.25, 0.3) is 0 Å². The molecule has 3 N–H and O–H groups in total. The normalized spacial score (nSPS) is 41.2. The average molecular weight is 527 g/mol. The third kappa shape index (κ3) is 3.42. The maximum atomic E-state index is 14.2. The molecule has 9 nitrogen and oxygen atoms in total. The van der Waals surface area contributed by atoms with E-state index < -0.39 is 70.1 Å². The van der Waals surface area contributed by atoms with Gasteiger partial charge in [0.1, 0.15) is 23.9 Å². The Morgan fingerprint density at radius 1 is 1.11 bits per heavy atom. The van der Waals surface area contributed by atoms with Gasteiger partial charge in [0.05, 0.1) is 29.6 Å². The van der Waals surface area contributed by atoms with Crippen molar-refractivity contribution in [2.24, 2.45) is 16.7 Å². The number of benzene rings is 1. The van der Waals surface area contributed by atoms with Crippen molar-refractivity contribution in [1.82, 2.24) is 0 Å². The lowest BCUT2D eigenvalue weighted by molar-refractivity contribution is -0.306. The number of hydrogen-bond acceptors (Lipinski definition) is 9. The van der Waals surface area contributed by atoms with Crippen molar-refractivity contribution in [3.05, 3.63) is 59.2 Å². The van der Waals surface area contributed by atoms with Crippen molar-refractivity contribution >= 4 is 17.7 Å². The summed E-state index contributed by atoms with van der Waals surface area (Å²) < 4.78 is 17.8. The molecule has 2 bridgehead atoms. The molecule has 3 aliphatic carbocycles. The smallest absolute Gasteiger partial charge is 0.338 e. The Balaban J connectivity index is 1.80. The molecule has 0 spiro atoms. The monoisotopic (exact) mass is 526 g/mol. The van der Waals surface area contributed by atoms with E-state index in [2.05, 4.69) is 0 Å². The first kappa shape index (κ1) is 26.7. The van der Waals surface area contributed by atoms with Crippen LogP contribution in [0.3, 0.4) is 0 Å². The first-order valence-corrected chi connectivity index (χ1v) is 12.8. The molecular weight excluding hydrogens is 492 g/mol. The molecule has 2 fully saturated rings. The molecule has 0 radical (unpaired) electrons. The van der Waals surface area contributed by atoms with Crippen LogP contribution in [-0.4, -0.2) is 75.3 Å². The number of esters is 2. The summed E-state index contributed by atoms with van der Waals surface area (Å²) in [4.78, 5) is 40.1. The van der Waals surface area contributed by atoms with Gasteiger partial charge in [-0.05, 0) is 37.1 Å². The SMILES string of the molecule is CC(=O)O[C@@]12CO[C@@H]1C=C[C@@]1(C)C(=O)[C@H](O)C3=C(C)[C@@H](O)C[C@@](O)([C@@H](OC(=O)c4ccccc4)[C@H]21)C3(C)C. The van der Waals surface area contributed by atoms with Crippen LogP contribution in [0.1, 0.15) is 51.4 Å². The number of carbonyl (C=O) groups excluding carboxylic acids is 3. The van der Waals surface area contributed by atoms with Gasteiger partial charge in [-0.3, -0.25) is 9.59 Å². The lowest BCUT2D eigenvalue weighted by Crippen LogP contribution is -2.78. The number of ether oxygens (including phenoxy) is 3. The maximum Gasteiger partial charge on any atom is 0.338 e. The molecule has 1 aliphatic heterocycles. The van der Waals surface area contributed by atoms with Crippen LogP contribution in [0.15, 0.2) is 53.6 Å². The summed E-state index contributed by atoms with van der Waals surface area (Å²) in [5.41, 5.74) is -5.50. The van der Waals surface area contributed by atoms with Gasteiger partial charge in [-0.2, -0.15) is 0 Å². The van der Waals surface area contributed by atoms with Gasteiger partial charge in [-0.1, -0.05) is 44.2 Å². The molecular formula is C29H34O9. The van der Waals surface area contributed by atoms with E-state index in [1.807, 2.05) is 0 Å². The Morgan fingerprint density at radius 2 is 1.76 bits per heavy atom. The molecule has 1 aromatic carbocycles. The highest BCUT2D eigenvalue weighted by molar-refractivity contribution is 5.95. The minimum atomic E-state index is -1.97. The van der Waals surface area contributed by atoms with E-state index in [9.17, 15) is 29.7 Å². The van der Waals surface area contributed by atoms with E-state index in [1.165, 1.54) is 6.92 Å². The highest BCUT2D eigenvalue weighted by Gasteiger charge is 2.74. The molecule has 5 rings (SSSR count). The lowest BCUT2D eigenvalue weighted by atomic mass is 9.46. The zero-order valence-corrected chi connectivity index (χ0v) is 22.1. The number of aliphatic hydroxyl groups is 3. The minimum Gasteiger partial charge on any atom is -0.455 e. The average Bonchev–Trinajstić information content (AvgIpc) is 2.84. The second kappa shape index (κ2) is 8.58. The van der Waals surface area contributed by atoms with Crippen LogP contribution >= 0.6 is 0 Å². The number of hydrogen-bond donors (Lipinski definition) is 3. The molecule has 8 atom stereocenters. The van der Waals surface area contributed by atoms with E-state index in [-0.39, 0.29) is 24.2 Å². The number of carbonyl (C=O) groups is 3. The summed E-state index contributed by atoms with van der Waals surface area (Å²) >= 11 is 0. The van der Waals surface area contributed by atoms with Crippen LogP contribution in [0.2, 0.25) is 0 Å². The van der Waals surface area contributed by atoms with Gasteiger partial charge < -0.3 is 29.5 Å². The van der Waals surface area contributed by atoms with Crippen LogP contribution in [-0.2, 0) is 23.8 Å². The van der Waals surface area contributed by atoms with Gasteiger partial charge in [0, 0.05) is 18.8 Å². The largest absolute Gasteiger partial charge is 0.455 e. The van der Waals surface area contributed by atoms with Crippen molar-refractivity contribution in [2.75, 3.05) is 6.61 Å². The lowest BCUT2D eigenvalue weighted by Gasteiger charge is -2.64. The number of rotatable bonds is 3. The fourth-order valence-corrected chi connectivity index (χ4v) is 7.21. The number of Topliss-reactive ketones (excluding diaryl/α,β-unsaturated/α-hetero) is 1. The van der Waals surface area contributed by atoms with Crippen molar-refractivity contribution in [3.63, 3.8) is 0 Å². The van der Waals surface area contributed by atoms with E-state index in [1.54, 1.807) is 70.2 Å². The van der Waals surface area contributed by atoms with Gasteiger partial charge >= 0.3 is 11.9 Å². The summed E-state index contributed by atoms with van der Waals surface area (Å²) in [5.74, 6) is -3.14. The molecule has 0 aromatic heterocycles. The van der Waals surface area contributed by atoms with Crippen LogP contribution in [0, 0.1) is 16.7 Å². The molecule has 1 saturated heterocycles. The Kier molecular flexibility index (Phi) is 6.04. The van der Waals surface area contributed by atoms with E-state index >= 15 is 0 Å². The molecule has 204 valence electrons. The predicted octanol–water partition coefficient (Wildman–Crippen LogP) is 1.89. The topological polar surface area (TPSA) is 140 Å². The summed E-state index contributed by atoms with van der Waals surface area (Å²) in [6.45, 7) is 7.66. The van der Waals surface area contributed by atoms with Gasteiger partial charge in [-0.25, -0.2) is 4.79 Å². The Bertz CT molecular complexity index is 1250. The molecule has 0 amide bonds. The van der Waals surface area contributed by atoms with Crippen molar-refractivity contribution in [3.8, 4) is 0 Å². The number of allylic oxidation sites excluding steroid dienone is 1. The second-order valence-electron chi connectivity index (χ2n) is 11.7. The molecule has 1 aromatic rings. The Hall–Kier alpha value is -2.85. The van der Waals surface area contributed by atoms with Crippen LogP contribution in [0.25, 0.3) is 0 Å². The first-order chi connectivity index (χ1) is 17.7. The molecule has 1 heterocycles. The van der Waals surface area contributed by atoms with E-state index in [4.69, 9.17) is 14.2 Å². The Labute approximate surface area is 221 Å². The molecule has 9 heteroatoms. The molecule has 38 heavy (non-hydrogen) atoms. The third-order valence-corrected chi connectivity index (χ3v) is 9.35. The van der Waals surface area contributed by atoms with E-state index in [0.717, 1.165) is 0 Å². The first-order valence-electron chi connectivity index (χ1n) is 12.8. The standard InChI is InChI=1S/C29H34O9/c1-15-18(31)13-29(35)24(37-25(34)17-9-7-6-8-10-17)22-27(5,23(33)21(32)20(15)26(29,3)4)12-11-19-28(22,14-36-19)38-16(2)30/h6-12,18-19,21-22,24,31-32,35H,13-14H2,1-5H3/t18-,19+,21+,22-,24-,27+,28-,29+/m0/s1. The zero-order chi connectivity index (χ0) is 27.8. The van der Waals surface area contributed by atoms with Crippen LogP contribution in [0.4, 0.5) is 0 Å². The van der Waals surface area contributed by atoms with Crippen molar-refractivity contribution < 1.29 is 43.9 Å². The summed E-state index contributed by atoms with van der Waals surface area (Å²) in [5, 5.41) is 35.2. The molecule has 1 saturated carbocycles. The highest BCUT2D eigenvalue weighted by atomic mass is 16.6. The number of aliphatic hydroxyl groups excluding tert-OH is 2. The zero-order valence-electron chi connectivity index (χ0n) is 22.1. The minimum absolute atomic E-state index is 0.106.